The first-order chi connectivity index (χ1) is 9.41. The molecule has 0 aromatic heterocycles. The maximum atomic E-state index is 6.70. The summed E-state index contributed by atoms with van der Waals surface area (Å²) in [6.45, 7) is 13.4. The Morgan fingerprint density at radius 2 is 1.90 bits per heavy atom. The lowest BCUT2D eigenvalue weighted by Gasteiger charge is -2.60. The fourth-order valence-electron chi connectivity index (χ4n) is 5.13. The van der Waals surface area contributed by atoms with Gasteiger partial charge in [-0.25, -0.2) is 0 Å². The number of rotatable bonds is 1. The Kier molecular flexibility index (Phi) is 3.92. The monoisotopic (exact) mass is 279 g/mol. The van der Waals surface area contributed by atoms with E-state index in [2.05, 4.69) is 39.5 Å². The molecule has 0 N–H and O–H groups in total. The van der Waals surface area contributed by atoms with Crippen molar-refractivity contribution in [3.8, 4) is 0 Å². The quantitative estimate of drug-likeness (QED) is 0.710. The first-order valence-corrected chi connectivity index (χ1v) is 8.83. The van der Waals surface area contributed by atoms with Gasteiger partial charge >= 0.3 is 0 Å². The maximum absolute atomic E-state index is 6.70. The average Bonchev–Trinajstić information content (AvgIpc) is 2.37. The van der Waals surface area contributed by atoms with E-state index in [9.17, 15) is 0 Å². The highest BCUT2D eigenvalue weighted by molar-refractivity contribution is 5.02. The van der Waals surface area contributed by atoms with E-state index in [1.807, 2.05) is 0 Å². The molecule has 2 aliphatic heterocycles. The molecule has 3 aliphatic rings. The highest BCUT2D eigenvalue weighted by Crippen LogP contribution is 2.48. The van der Waals surface area contributed by atoms with Crippen molar-refractivity contribution in [2.75, 3.05) is 6.54 Å². The van der Waals surface area contributed by atoms with Crippen LogP contribution in [0.1, 0.15) is 66.7 Å². The molecule has 5 atom stereocenters. The van der Waals surface area contributed by atoms with Crippen LogP contribution < -0.4 is 0 Å². The van der Waals surface area contributed by atoms with E-state index in [0.717, 1.165) is 23.7 Å². The van der Waals surface area contributed by atoms with Crippen molar-refractivity contribution >= 4 is 0 Å². The van der Waals surface area contributed by atoms with Gasteiger partial charge in [-0.15, -0.1) is 0 Å². The molecule has 0 spiro atoms. The summed E-state index contributed by atoms with van der Waals surface area (Å²) in [6, 6.07) is 0. The first-order valence-electron chi connectivity index (χ1n) is 8.83. The van der Waals surface area contributed by atoms with Crippen molar-refractivity contribution in [1.82, 2.24) is 4.90 Å². The van der Waals surface area contributed by atoms with Gasteiger partial charge < -0.3 is 4.74 Å². The zero-order chi connectivity index (χ0) is 14.5. The Bertz CT molecular complexity index is 351. The topological polar surface area (TPSA) is 12.5 Å². The molecule has 1 aliphatic carbocycles. The fraction of sp³-hybridized carbons (Fsp3) is 1.00. The second-order valence-electron chi connectivity index (χ2n) is 8.49. The Balaban J connectivity index is 1.87. The number of hydrogen-bond acceptors (Lipinski definition) is 2. The smallest absolute Gasteiger partial charge is 0.114 e. The third kappa shape index (κ3) is 2.33. The lowest BCUT2D eigenvalue weighted by Crippen LogP contribution is -2.67. The van der Waals surface area contributed by atoms with Crippen molar-refractivity contribution in [1.29, 1.82) is 0 Å². The Morgan fingerprint density at radius 1 is 1.15 bits per heavy atom. The summed E-state index contributed by atoms with van der Waals surface area (Å²) in [6.07, 6.45) is 7.61. The third-order valence-corrected chi connectivity index (χ3v) is 6.48. The van der Waals surface area contributed by atoms with E-state index < -0.39 is 0 Å². The molecule has 3 fully saturated rings. The largest absolute Gasteiger partial charge is 0.359 e. The van der Waals surface area contributed by atoms with Crippen molar-refractivity contribution in [3.05, 3.63) is 0 Å². The van der Waals surface area contributed by atoms with Gasteiger partial charge in [0.05, 0.1) is 6.10 Å². The van der Waals surface area contributed by atoms with Crippen molar-refractivity contribution in [2.45, 2.75) is 84.6 Å². The summed E-state index contributed by atoms with van der Waals surface area (Å²) in [5, 5.41) is 0. The van der Waals surface area contributed by atoms with Gasteiger partial charge in [0.1, 0.15) is 6.23 Å². The van der Waals surface area contributed by atoms with E-state index in [-0.39, 0.29) is 0 Å². The summed E-state index contributed by atoms with van der Waals surface area (Å²) in [5.41, 5.74) is 0.321. The van der Waals surface area contributed by atoms with Gasteiger partial charge in [-0.1, -0.05) is 27.2 Å². The zero-order valence-electron chi connectivity index (χ0n) is 14.1. The molecular formula is C18H33NO. The first kappa shape index (κ1) is 14.8. The van der Waals surface area contributed by atoms with E-state index >= 15 is 0 Å². The molecule has 0 aromatic rings. The Morgan fingerprint density at radius 3 is 2.60 bits per heavy atom. The molecule has 0 amide bonds. The average molecular weight is 279 g/mol. The third-order valence-electron chi connectivity index (χ3n) is 6.48. The molecule has 2 heterocycles. The highest BCUT2D eigenvalue weighted by atomic mass is 16.5. The molecule has 0 unspecified atom stereocenters. The van der Waals surface area contributed by atoms with Gasteiger partial charge in [0.15, 0.2) is 0 Å². The maximum Gasteiger partial charge on any atom is 0.114 e. The summed E-state index contributed by atoms with van der Waals surface area (Å²) in [5.74, 6) is 3.04. The van der Waals surface area contributed by atoms with Crippen LogP contribution in [0.15, 0.2) is 0 Å². The molecular weight excluding hydrogens is 246 g/mol. The van der Waals surface area contributed by atoms with Crippen LogP contribution in [0.4, 0.5) is 0 Å². The van der Waals surface area contributed by atoms with Crippen molar-refractivity contribution in [2.24, 2.45) is 23.7 Å². The number of piperidine rings is 1. The van der Waals surface area contributed by atoms with Crippen LogP contribution >= 0.6 is 0 Å². The minimum absolute atomic E-state index is 0.321. The van der Waals surface area contributed by atoms with Crippen LogP contribution in [-0.4, -0.2) is 29.3 Å². The summed E-state index contributed by atoms with van der Waals surface area (Å²) >= 11 is 0. The molecule has 2 saturated heterocycles. The summed E-state index contributed by atoms with van der Waals surface area (Å²) in [4.78, 5) is 2.72. The van der Waals surface area contributed by atoms with Crippen LogP contribution in [0.3, 0.4) is 0 Å². The molecule has 116 valence electrons. The fourth-order valence-corrected chi connectivity index (χ4v) is 5.13. The minimum Gasteiger partial charge on any atom is -0.359 e. The van der Waals surface area contributed by atoms with Gasteiger partial charge in [0.25, 0.3) is 0 Å². The molecule has 0 aromatic carbocycles. The van der Waals surface area contributed by atoms with Gasteiger partial charge in [-0.3, -0.25) is 4.90 Å². The molecule has 0 bridgehead atoms. The van der Waals surface area contributed by atoms with E-state index in [1.54, 1.807) is 0 Å². The predicted molar refractivity (Wildman–Crippen MR) is 83.5 cm³/mol. The van der Waals surface area contributed by atoms with Crippen LogP contribution in [0.2, 0.25) is 0 Å². The molecule has 2 nitrogen and oxygen atoms in total. The van der Waals surface area contributed by atoms with Crippen LogP contribution in [-0.2, 0) is 4.74 Å². The molecule has 2 heteroatoms. The molecule has 20 heavy (non-hydrogen) atoms. The lowest BCUT2D eigenvalue weighted by molar-refractivity contribution is -0.264. The van der Waals surface area contributed by atoms with Crippen LogP contribution in [0.25, 0.3) is 0 Å². The molecule has 3 rings (SSSR count). The van der Waals surface area contributed by atoms with E-state index in [4.69, 9.17) is 4.74 Å². The summed E-state index contributed by atoms with van der Waals surface area (Å²) in [7, 11) is 0. The predicted octanol–water partition coefficient (Wildman–Crippen LogP) is 4.29. The van der Waals surface area contributed by atoms with Crippen LogP contribution in [0.5, 0.6) is 0 Å². The molecule has 1 saturated carbocycles. The van der Waals surface area contributed by atoms with Crippen molar-refractivity contribution < 1.29 is 4.74 Å². The minimum atomic E-state index is 0.321. The Labute approximate surface area is 125 Å². The van der Waals surface area contributed by atoms with Gasteiger partial charge in [0.2, 0.25) is 0 Å². The second-order valence-corrected chi connectivity index (χ2v) is 8.49. The highest BCUT2D eigenvalue weighted by Gasteiger charge is 2.53. The number of fused-ring (bicyclic) bond motifs is 2. The number of nitrogens with zero attached hydrogens (tertiary/aromatic N) is 1. The van der Waals surface area contributed by atoms with Gasteiger partial charge in [0, 0.05) is 23.9 Å². The van der Waals surface area contributed by atoms with Gasteiger partial charge in [-0.2, -0.15) is 0 Å². The van der Waals surface area contributed by atoms with E-state index in [0.29, 0.717) is 17.9 Å². The van der Waals surface area contributed by atoms with Crippen molar-refractivity contribution in [3.63, 3.8) is 0 Å². The Hall–Kier alpha value is -0.0800. The number of hydrogen-bond donors (Lipinski definition) is 0. The standard InChI is InChI=1S/C18H33NO/c1-12(2)14-7-6-10-19-17(14)20-16-11-13(3)8-9-15(16)18(19,4)5/h12-17H,6-11H2,1-5H3/t13-,14+,15-,16-,17+/m1/s1. The number of ether oxygens (including phenoxy) is 1. The lowest BCUT2D eigenvalue weighted by atomic mass is 9.68. The SMILES string of the molecule is CC(C)[C@@H]1CCCN2[C@H]1O[C@@H]1C[C@H](C)CC[C@H]1C2(C)C. The van der Waals surface area contributed by atoms with Gasteiger partial charge in [-0.05, 0) is 51.4 Å². The van der Waals surface area contributed by atoms with E-state index in [1.165, 1.54) is 38.6 Å². The normalized spacial score (nSPS) is 45.0. The zero-order valence-corrected chi connectivity index (χ0v) is 14.1. The second kappa shape index (κ2) is 5.28. The summed E-state index contributed by atoms with van der Waals surface area (Å²) < 4.78 is 6.70. The van der Waals surface area contributed by atoms with Crippen LogP contribution in [0, 0.1) is 23.7 Å². The molecule has 0 radical (unpaired) electrons.